The van der Waals surface area contributed by atoms with Crippen LogP contribution in [0.15, 0.2) is 152 Å². The zero-order chi connectivity index (χ0) is 31.6. The van der Waals surface area contributed by atoms with Crippen molar-refractivity contribution >= 4 is 64.1 Å². The Morgan fingerprint density at radius 2 is 1.23 bits per heavy atom. The molecular weight excluding hydrogens is 607 g/mol. The predicted molar refractivity (Wildman–Crippen MR) is 199 cm³/mol. The number of rotatable bonds is 4. The zero-order valence-corrected chi connectivity index (χ0v) is 26.4. The van der Waals surface area contributed by atoms with Crippen molar-refractivity contribution in [3.8, 4) is 39.7 Å². The normalized spacial score (nSPS) is 11.8. The molecule has 224 valence electrons. The van der Waals surface area contributed by atoms with Gasteiger partial charge >= 0.3 is 0 Å². The number of nitrogens with zero attached hydrogens (tertiary/aromatic N) is 5. The maximum absolute atomic E-state index is 5.24. The molecule has 0 aliphatic carbocycles. The van der Waals surface area contributed by atoms with Gasteiger partial charge in [0.1, 0.15) is 0 Å². The van der Waals surface area contributed by atoms with Crippen LogP contribution in [0.25, 0.3) is 92.5 Å². The fourth-order valence-corrected chi connectivity index (χ4v) is 8.25. The molecule has 48 heavy (non-hydrogen) atoms. The average Bonchev–Trinajstić information content (AvgIpc) is 3.71. The van der Waals surface area contributed by atoms with E-state index in [-0.39, 0.29) is 0 Å². The Hall–Kier alpha value is -6.24. The van der Waals surface area contributed by atoms with Crippen LogP contribution in [0.1, 0.15) is 0 Å². The summed E-state index contributed by atoms with van der Waals surface area (Å²) in [6.07, 6.45) is 5.58. The van der Waals surface area contributed by atoms with Gasteiger partial charge in [-0.3, -0.25) is 0 Å². The fraction of sp³-hybridized carbons (Fsp3) is 0. The number of aromatic nitrogens is 5. The molecule has 0 aliphatic rings. The Bertz CT molecular complexity index is 2820. The first-order valence-corrected chi connectivity index (χ1v) is 16.7. The standard InChI is InChI=1S/C42H25N5S/c1-3-11-27(12-4-1)39-35(25-45-42(46-39)28-13-5-2-6-14-28)47-33-19-16-26-10-7-8-15-30(26)37(33)38-34(47)20-18-31-32-24-29(41-43-22-9-23-44-41)17-21-36(32)48-40(31)38/h1-25H. The maximum atomic E-state index is 5.24. The third kappa shape index (κ3) is 4.10. The monoisotopic (exact) mass is 631 g/mol. The molecular formula is C42H25N5S. The molecule has 0 spiro atoms. The molecule has 0 radical (unpaired) electrons. The predicted octanol–water partition coefficient (Wildman–Crippen LogP) is 10.9. The van der Waals surface area contributed by atoms with E-state index in [9.17, 15) is 0 Å². The fourth-order valence-electron chi connectivity index (χ4n) is 7.02. The third-order valence-electron chi connectivity index (χ3n) is 9.17. The topological polar surface area (TPSA) is 56.5 Å². The van der Waals surface area contributed by atoms with Crippen LogP contribution in [0.3, 0.4) is 0 Å². The van der Waals surface area contributed by atoms with Gasteiger partial charge in [0.15, 0.2) is 11.6 Å². The van der Waals surface area contributed by atoms with E-state index in [1.54, 1.807) is 12.4 Å². The third-order valence-corrected chi connectivity index (χ3v) is 10.4. The zero-order valence-electron chi connectivity index (χ0n) is 25.6. The molecule has 0 N–H and O–H groups in total. The molecule has 0 fully saturated rings. The second-order valence-corrected chi connectivity index (χ2v) is 12.9. The minimum atomic E-state index is 0.703. The molecule has 0 bridgehead atoms. The number of fused-ring (bicyclic) bond motifs is 9. The van der Waals surface area contributed by atoms with E-state index in [4.69, 9.17) is 9.97 Å². The highest BCUT2D eigenvalue weighted by atomic mass is 32.1. The molecule has 10 aromatic rings. The van der Waals surface area contributed by atoms with Gasteiger partial charge in [-0.2, -0.15) is 0 Å². The number of thiophene rings is 1. The van der Waals surface area contributed by atoms with Crippen molar-refractivity contribution in [2.45, 2.75) is 0 Å². The second kappa shape index (κ2) is 10.7. The molecule has 6 aromatic carbocycles. The first-order chi connectivity index (χ1) is 23.8. The van der Waals surface area contributed by atoms with E-state index in [1.165, 1.54) is 41.7 Å². The summed E-state index contributed by atoms with van der Waals surface area (Å²) in [6.45, 7) is 0. The van der Waals surface area contributed by atoms with Crippen LogP contribution in [-0.4, -0.2) is 24.5 Å². The molecule has 0 saturated carbocycles. The highest BCUT2D eigenvalue weighted by Crippen LogP contribution is 2.46. The molecule has 0 saturated heterocycles. The summed E-state index contributed by atoms with van der Waals surface area (Å²) in [5, 5.41) is 7.35. The number of hydrogen-bond acceptors (Lipinski definition) is 5. The van der Waals surface area contributed by atoms with Crippen LogP contribution in [-0.2, 0) is 0 Å². The first-order valence-electron chi connectivity index (χ1n) is 15.9. The van der Waals surface area contributed by atoms with Crippen molar-refractivity contribution in [2.24, 2.45) is 0 Å². The number of hydrogen-bond donors (Lipinski definition) is 0. The van der Waals surface area contributed by atoms with Crippen molar-refractivity contribution in [3.63, 3.8) is 0 Å². The van der Waals surface area contributed by atoms with Crippen molar-refractivity contribution in [2.75, 3.05) is 0 Å². The number of benzene rings is 6. The van der Waals surface area contributed by atoms with Gasteiger partial charge in [0.05, 0.1) is 28.6 Å². The summed E-state index contributed by atoms with van der Waals surface area (Å²) in [7, 11) is 0. The molecule has 0 aliphatic heterocycles. The van der Waals surface area contributed by atoms with E-state index in [1.807, 2.05) is 47.9 Å². The van der Waals surface area contributed by atoms with Crippen LogP contribution in [0.5, 0.6) is 0 Å². The molecule has 0 unspecified atom stereocenters. The van der Waals surface area contributed by atoms with E-state index in [0.29, 0.717) is 5.82 Å². The lowest BCUT2D eigenvalue weighted by Crippen LogP contribution is -2.02. The highest BCUT2D eigenvalue weighted by Gasteiger charge is 2.22. The quantitative estimate of drug-likeness (QED) is 0.194. The van der Waals surface area contributed by atoms with Gasteiger partial charge < -0.3 is 4.57 Å². The lowest BCUT2D eigenvalue weighted by Gasteiger charge is -2.14. The van der Waals surface area contributed by atoms with Gasteiger partial charge in [-0.15, -0.1) is 11.3 Å². The van der Waals surface area contributed by atoms with E-state index in [2.05, 4.69) is 118 Å². The molecule has 4 heterocycles. The second-order valence-electron chi connectivity index (χ2n) is 11.9. The van der Waals surface area contributed by atoms with Crippen molar-refractivity contribution in [1.82, 2.24) is 24.5 Å². The van der Waals surface area contributed by atoms with Crippen molar-refractivity contribution in [1.29, 1.82) is 0 Å². The molecule has 4 aromatic heterocycles. The molecule has 10 rings (SSSR count). The Labute approximate surface area is 279 Å². The molecule has 0 atom stereocenters. The summed E-state index contributed by atoms with van der Waals surface area (Å²) in [6, 6.07) is 46.7. The Kier molecular flexibility index (Phi) is 5.98. The Morgan fingerprint density at radius 1 is 0.500 bits per heavy atom. The Balaban J connectivity index is 1.32. The largest absolute Gasteiger partial charge is 0.306 e. The van der Waals surface area contributed by atoms with Crippen molar-refractivity contribution in [3.05, 3.63) is 152 Å². The van der Waals surface area contributed by atoms with Gasteiger partial charge in [0.2, 0.25) is 0 Å². The summed E-state index contributed by atoms with van der Waals surface area (Å²) < 4.78 is 4.86. The van der Waals surface area contributed by atoms with E-state index < -0.39 is 0 Å². The van der Waals surface area contributed by atoms with Crippen molar-refractivity contribution < 1.29 is 0 Å². The van der Waals surface area contributed by atoms with Crippen LogP contribution < -0.4 is 0 Å². The average molecular weight is 632 g/mol. The first kappa shape index (κ1) is 26.9. The van der Waals surface area contributed by atoms with Crippen LogP contribution in [0, 0.1) is 0 Å². The summed E-state index contributed by atoms with van der Waals surface area (Å²) in [5.74, 6) is 1.43. The summed E-state index contributed by atoms with van der Waals surface area (Å²) >= 11 is 1.84. The van der Waals surface area contributed by atoms with Gasteiger partial charge in [-0.05, 0) is 47.2 Å². The van der Waals surface area contributed by atoms with Crippen LogP contribution >= 0.6 is 11.3 Å². The molecule has 5 nitrogen and oxygen atoms in total. The SMILES string of the molecule is c1ccc(-c2ncc(-n3c4ccc5ccccc5c4c4c5sc6ccc(-c7ncccn7)cc6c5ccc43)c(-c3ccccc3)n2)cc1. The van der Waals surface area contributed by atoms with Gasteiger partial charge in [-0.25, -0.2) is 19.9 Å². The minimum absolute atomic E-state index is 0.703. The Morgan fingerprint density at radius 3 is 2.06 bits per heavy atom. The molecule has 6 heteroatoms. The van der Waals surface area contributed by atoms with Gasteiger partial charge in [0.25, 0.3) is 0 Å². The summed E-state index contributed by atoms with van der Waals surface area (Å²) in [5.41, 5.74) is 7.13. The van der Waals surface area contributed by atoms with E-state index >= 15 is 0 Å². The smallest absolute Gasteiger partial charge is 0.159 e. The molecule has 0 amide bonds. The lowest BCUT2D eigenvalue weighted by molar-refractivity contribution is 1.09. The minimum Gasteiger partial charge on any atom is -0.306 e. The van der Waals surface area contributed by atoms with Crippen LogP contribution in [0.2, 0.25) is 0 Å². The highest BCUT2D eigenvalue weighted by molar-refractivity contribution is 7.26. The summed E-state index contributed by atoms with van der Waals surface area (Å²) in [4.78, 5) is 19.2. The maximum Gasteiger partial charge on any atom is 0.159 e. The van der Waals surface area contributed by atoms with Crippen LogP contribution in [0.4, 0.5) is 0 Å². The lowest BCUT2D eigenvalue weighted by atomic mass is 10.0. The van der Waals surface area contributed by atoms with E-state index in [0.717, 1.165) is 44.9 Å². The van der Waals surface area contributed by atoms with Gasteiger partial charge in [0, 0.05) is 60.0 Å². The van der Waals surface area contributed by atoms with Gasteiger partial charge in [-0.1, -0.05) is 97.1 Å².